The third-order valence-electron chi connectivity index (χ3n) is 4.93. The van der Waals surface area contributed by atoms with Gasteiger partial charge in [-0.3, -0.25) is 9.59 Å². The van der Waals surface area contributed by atoms with Gasteiger partial charge >= 0.3 is 0 Å². The van der Waals surface area contributed by atoms with Gasteiger partial charge in [-0.2, -0.15) is 5.10 Å². The molecule has 1 heterocycles. The van der Waals surface area contributed by atoms with E-state index in [1.807, 2.05) is 18.2 Å². The molecule has 2 aromatic rings. The standard InChI is InChI=1S/C22H27N5O2/c1-18(28)24-20-9-7-19(8-10-20)17-23-25-22(29)11-12-26-13-15-27(16-14-26)21-5-3-2-4-6-21/h2-10,17H,11-16H2,1H3,(H,24,28)(H,25,29)/p+1/b23-17-. The van der Waals surface area contributed by atoms with Gasteiger partial charge in [-0.05, 0) is 29.8 Å². The van der Waals surface area contributed by atoms with Crippen LogP contribution < -0.4 is 20.5 Å². The molecule has 7 heteroatoms. The highest BCUT2D eigenvalue weighted by atomic mass is 16.2. The van der Waals surface area contributed by atoms with Gasteiger partial charge in [-0.15, -0.1) is 0 Å². The third kappa shape index (κ3) is 6.73. The summed E-state index contributed by atoms with van der Waals surface area (Å²) in [6.07, 6.45) is 2.06. The van der Waals surface area contributed by atoms with Crippen LogP contribution in [0.25, 0.3) is 0 Å². The van der Waals surface area contributed by atoms with E-state index in [4.69, 9.17) is 0 Å². The molecule has 2 aromatic carbocycles. The van der Waals surface area contributed by atoms with Crippen LogP contribution >= 0.6 is 0 Å². The summed E-state index contributed by atoms with van der Waals surface area (Å²) in [5.41, 5.74) is 5.44. The molecule has 0 unspecified atom stereocenters. The number of quaternary nitrogens is 1. The molecule has 0 bridgehead atoms. The lowest BCUT2D eigenvalue weighted by Crippen LogP contribution is -3.15. The minimum absolute atomic E-state index is 0.0749. The Bertz CT molecular complexity index is 828. The van der Waals surface area contributed by atoms with Gasteiger partial charge in [0.25, 0.3) is 0 Å². The summed E-state index contributed by atoms with van der Waals surface area (Å²) in [4.78, 5) is 26.9. The predicted molar refractivity (Wildman–Crippen MR) is 115 cm³/mol. The topological polar surface area (TPSA) is 78.2 Å². The number of amides is 2. The summed E-state index contributed by atoms with van der Waals surface area (Å²) < 4.78 is 0. The number of para-hydroxylation sites is 1. The van der Waals surface area contributed by atoms with Gasteiger partial charge in [-0.25, -0.2) is 5.43 Å². The van der Waals surface area contributed by atoms with Crippen LogP contribution in [0.3, 0.4) is 0 Å². The van der Waals surface area contributed by atoms with Gasteiger partial charge in [0.05, 0.1) is 45.4 Å². The number of rotatable bonds is 7. The number of nitrogens with one attached hydrogen (secondary N) is 3. The smallest absolute Gasteiger partial charge is 0.245 e. The van der Waals surface area contributed by atoms with Crippen molar-refractivity contribution >= 4 is 29.4 Å². The SMILES string of the molecule is CC(=O)Nc1ccc(/C=N\NC(=O)CC[NH+]2CCN(c3ccccc3)CC2)cc1. The van der Waals surface area contributed by atoms with Gasteiger partial charge in [-0.1, -0.05) is 30.3 Å². The normalized spacial score (nSPS) is 14.7. The van der Waals surface area contributed by atoms with Crippen LogP contribution in [0.2, 0.25) is 0 Å². The Morgan fingerprint density at radius 3 is 2.41 bits per heavy atom. The molecule has 3 rings (SSSR count). The number of hydrogen-bond acceptors (Lipinski definition) is 4. The molecule has 29 heavy (non-hydrogen) atoms. The Kier molecular flexibility index (Phi) is 7.35. The largest absolute Gasteiger partial charge is 0.360 e. The number of hydrazone groups is 1. The zero-order chi connectivity index (χ0) is 20.5. The van der Waals surface area contributed by atoms with Crippen molar-refractivity contribution in [3.8, 4) is 0 Å². The number of carbonyl (C=O) groups excluding carboxylic acids is 2. The summed E-state index contributed by atoms with van der Waals surface area (Å²) in [5.74, 6) is -0.184. The quantitative estimate of drug-likeness (QED) is 0.482. The molecule has 7 nitrogen and oxygen atoms in total. The van der Waals surface area contributed by atoms with E-state index in [9.17, 15) is 9.59 Å². The van der Waals surface area contributed by atoms with Crippen LogP contribution in [0.4, 0.5) is 11.4 Å². The molecule has 0 aromatic heterocycles. The Morgan fingerprint density at radius 2 is 1.76 bits per heavy atom. The Hall–Kier alpha value is -3.19. The Balaban J connectivity index is 1.35. The van der Waals surface area contributed by atoms with Crippen LogP contribution in [-0.2, 0) is 9.59 Å². The van der Waals surface area contributed by atoms with Crippen molar-refractivity contribution in [3.63, 3.8) is 0 Å². The van der Waals surface area contributed by atoms with E-state index < -0.39 is 0 Å². The van der Waals surface area contributed by atoms with Crippen molar-refractivity contribution in [1.29, 1.82) is 0 Å². The fourth-order valence-corrected chi connectivity index (χ4v) is 3.35. The lowest BCUT2D eigenvalue weighted by molar-refractivity contribution is -0.900. The molecule has 2 amide bonds. The second-order valence-corrected chi connectivity index (χ2v) is 7.17. The first kappa shape index (κ1) is 20.5. The molecule has 1 fully saturated rings. The van der Waals surface area contributed by atoms with E-state index in [0.29, 0.717) is 6.42 Å². The van der Waals surface area contributed by atoms with Crippen molar-refractivity contribution in [2.24, 2.45) is 5.10 Å². The summed E-state index contributed by atoms with van der Waals surface area (Å²) in [6.45, 7) is 6.37. The van der Waals surface area contributed by atoms with Crippen LogP contribution in [0, 0.1) is 0 Å². The van der Waals surface area contributed by atoms with E-state index in [0.717, 1.165) is 44.0 Å². The van der Waals surface area contributed by atoms with Crippen LogP contribution in [0.15, 0.2) is 59.7 Å². The van der Waals surface area contributed by atoms with Crippen molar-refractivity contribution < 1.29 is 14.5 Å². The minimum Gasteiger partial charge on any atom is -0.360 e. The van der Waals surface area contributed by atoms with Crippen molar-refractivity contribution in [3.05, 3.63) is 60.2 Å². The minimum atomic E-state index is -0.109. The highest BCUT2D eigenvalue weighted by Crippen LogP contribution is 2.12. The number of hydrogen-bond donors (Lipinski definition) is 3. The molecule has 0 atom stereocenters. The van der Waals surface area contributed by atoms with Crippen molar-refractivity contribution in [1.82, 2.24) is 5.43 Å². The molecule has 0 saturated carbocycles. The maximum absolute atomic E-state index is 12.0. The van der Waals surface area contributed by atoms with Gasteiger partial charge in [0.2, 0.25) is 11.8 Å². The fourth-order valence-electron chi connectivity index (χ4n) is 3.35. The monoisotopic (exact) mass is 394 g/mol. The molecule has 1 aliphatic heterocycles. The molecular weight excluding hydrogens is 366 g/mol. The van der Waals surface area contributed by atoms with Gasteiger partial charge in [0, 0.05) is 18.3 Å². The molecule has 0 aliphatic carbocycles. The number of carbonyl (C=O) groups is 2. The van der Waals surface area contributed by atoms with Gasteiger partial charge < -0.3 is 15.1 Å². The number of piperazine rings is 1. The molecular formula is C22H28N5O2+. The average molecular weight is 394 g/mol. The van der Waals surface area contributed by atoms with Gasteiger partial charge in [0.1, 0.15) is 0 Å². The molecule has 0 spiro atoms. The number of nitrogens with zero attached hydrogens (tertiary/aromatic N) is 2. The fraction of sp³-hybridized carbons (Fsp3) is 0.318. The van der Waals surface area contributed by atoms with E-state index in [-0.39, 0.29) is 11.8 Å². The Labute approximate surface area is 171 Å². The molecule has 0 radical (unpaired) electrons. The van der Waals surface area contributed by atoms with Crippen LogP contribution in [0.5, 0.6) is 0 Å². The van der Waals surface area contributed by atoms with Crippen LogP contribution in [0.1, 0.15) is 18.9 Å². The van der Waals surface area contributed by atoms with E-state index in [1.54, 1.807) is 18.3 Å². The second kappa shape index (κ2) is 10.4. The highest BCUT2D eigenvalue weighted by molar-refractivity contribution is 5.89. The first-order valence-corrected chi connectivity index (χ1v) is 9.93. The highest BCUT2D eigenvalue weighted by Gasteiger charge is 2.20. The summed E-state index contributed by atoms with van der Waals surface area (Å²) in [7, 11) is 0. The lowest BCUT2D eigenvalue weighted by Gasteiger charge is -2.33. The maximum Gasteiger partial charge on any atom is 0.245 e. The lowest BCUT2D eigenvalue weighted by atomic mass is 10.2. The molecule has 1 saturated heterocycles. The Morgan fingerprint density at radius 1 is 1.07 bits per heavy atom. The van der Waals surface area contributed by atoms with E-state index >= 15 is 0 Å². The molecule has 3 N–H and O–H groups in total. The number of benzene rings is 2. The summed E-state index contributed by atoms with van der Waals surface area (Å²) in [5, 5.41) is 6.73. The first-order valence-electron chi connectivity index (χ1n) is 9.93. The first-order chi connectivity index (χ1) is 14.1. The van der Waals surface area contributed by atoms with E-state index in [2.05, 4.69) is 45.0 Å². The van der Waals surface area contributed by atoms with Crippen molar-refractivity contribution in [2.75, 3.05) is 42.9 Å². The van der Waals surface area contributed by atoms with Crippen molar-refractivity contribution in [2.45, 2.75) is 13.3 Å². The summed E-state index contributed by atoms with van der Waals surface area (Å²) >= 11 is 0. The zero-order valence-electron chi connectivity index (χ0n) is 16.7. The van der Waals surface area contributed by atoms with Gasteiger partial charge in [0.15, 0.2) is 0 Å². The number of anilines is 2. The zero-order valence-corrected chi connectivity index (χ0v) is 16.7. The third-order valence-corrected chi connectivity index (χ3v) is 4.93. The second-order valence-electron chi connectivity index (χ2n) is 7.17. The van der Waals surface area contributed by atoms with Crippen LogP contribution in [-0.4, -0.2) is 50.8 Å². The molecule has 1 aliphatic rings. The van der Waals surface area contributed by atoms with E-state index in [1.165, 1.54) is 17.5 Å². The predicted octanol–water partition coefficient (Wildman–Crippen LogP) is 0.890. The molecule has 152 valence electrons. The maximum atomic E-state index is 12.0. The average Bonchev–Trinajstić information content (AvgIpc) is 2.74. The summed E-state index contributed by atoms with van der Waals surface area (Å²) in [6, 6.07) is 17.7.